The minimum Gasteiger partial charge on any atom is -0.492 e. The summed E-state index contributed by atoms with van der Waals surface area (Å²) in [5.74, 6) is 0.525. The van der Waals surface area contributed by atoms with Crippen LogP contribution in [0.3, 0.4) is 0 Å². The minimum atomic E-state index is -0.815. The van der Waals surface area contributed by atoms with Gasteiger partial charge in [-0.3, -0.25) is 9.69 Å². The lowest BCUT2D eigenvalue weighted by Gasteiger charge is -2.26. The minimum absolute atomic E-state index is 0.245. The number of para-hydroxylation sites is 2. The standard InChI is InChI=1S/C24H32N4O3/c1-3-30-22-13-6-5-12-21(22)26-24(29)18(2)31-27-23(25)20-11-9-10-19(16-20)17-28-14-7-4-8-15-28/h5-6,9-13,16,18H,3-4,7-8,14-15,17H2,1-2H3,(H2,25,27)(H,26,29). The Morgan fingerprint density at radius 1 is 1.16 bits per heavy atom. The van der Waals surface area contributed by atoms with E-state index in [1.807, 2.05) is 37.3 Å². The van der Waals surface area contributed by atoms with Crippen molar-refractivity contribution in [3.05, 3.63) is 59.7 Å². The zero-order chi connectivity index (χ0) is 22.1. The van der Waals surface area contributed by atoms with Crippen molar-refractivity contribution in [2.75, 3.05) is 25.0 Å². The molecule has 2 aromatic rings. The van der Waals surface area contributed by atoms with Gasteiger partial charge in [0.05, 0.1) is 12.3 Å². The Hall–Kier alpha value is -3.06. The molecule has 1 amide bonds. The zero-order valence-electron chi connectivity index (χ0n) is 18.3. The topological polar surface area (TPSA) is 89.2 Å². The highest BCUT2D eigenvalue weighted by molar-refractivity contribution is 5.98. The average molecular weight is 425 g/mol. The predicted octanol–water partition coefficient (Wildman–Crippen LogP) is 3.74. The summed E-state index contributed by atoms with van der Waals surface area (Å²) in [6, 6.07) is 15.3. The number of benzene rings is 2. The van der Waals surface area contributed by atoms with E-state index < -0.39 is 6.10 Å². The molecule has 166 valence electrons. The quantitative estimate of drug-likeness (QED) is 0.364. The number of nitrogens with zero attached hydrogens (tertiary/aromatic N) is 2. The average Bonchev–Trinajstić information content (AvgIpc) is 2.79. The predicted molar refractivity (Wildman–Crippen MR) is 123 cm³/mol. The molecule has 0 aromatic heterocycles. The van der Waals surface area contributed by atoms with Gasteiger partial charge >= 0.3 is 0 Å². The molecule has 0 radical (unpaired) electrons. The van der Waals surface area contributed by atoms with Gasteiger partial charge in [0.15, 0.2) is 5.84 Å². The largest absolute Gasteiger partial charge is 0.492 e. The normalized spacial score (nSPS) is 15.9. The van der Waals surface area contributed by atoms with Gasteiger partial charge in [-0.1, -0.05) is 41.9 Å². The van der Waals surface area contributed by atoms with Crippen LogP contribution in [0.2, 0.25) is 0 Å². The van der Waals surface area contributed by atoms with Gasteiger partial charge in [0.2, 0.25) is 6.10 Å². The molecule has 31 heavy (non-hydrogen) atoms. The van der Waals surface area contributed by atoms with E-state index in [1.165, 1.54) is 24.8 Å². The molecule has 1 unspecified atom stereocenters. The van der Waals surface area contributed by atoms with E-state index in [4.69, 9.17) is 15.3 Å². The van der Waals surface area contributed by atoms with Gasteiger partial charge in [0.25, 0.3) is 5.91 Å². The number of hydrogen-bond acceptors (Lipinski definition) is 5. The maximum absolute atomic E-state index is 12.5. The third-order valence-electron chi connectivity index (χ3n) is 5.20. The van der Waals surface area contributed by atoms with Crippen molar-refractivity contribution in [3.63, 3.8) is 0 Å². The molecule has 3 N–H and O–H groups in total. The SMILES string of the molecule is CCOc1ccccc1NC(=O)C(C)ON=C(N)c1cccc(CN2CCCCC2)c1. The second-order valence-corrected chi connectivity index (χ2v) is 7.68. The zero-order valence-corrected chi connectivity index (χ0v) is 18.3. The van der Waals surface area contributed by atoms with E-state index in [-0.39, 0.29) is 11.7 Å². The molecule has 0 bridgehead atoms. The van der Waals surface area contributed by atoms with Crippen LogP contribution in [0.15, 0.2) is 53.7 Å². The summed E-state index contributed by atoms with van der Waals surface area (Å²) in [5.41, 5.74) is 8.68. The van der Waals surface area contributed by atoms with Crippen LogP contribution < -0.4 is 15.8 Å². The van der Waals surface area contributed by atoms with E-state index in [9.17, 15) is 4.79 Å². The van der Waals surface area contributed by atoms with Gasteiger partial charge in [0.1, 0.15) is 5.75 Å². The Balaban J connectivity index is 1.58. The first-order valence-corrected chi connectivity index (χ1v) is 10.9. The molecule has 0 spiro atoms. The van der Waals surface area contributed by atoms with Crippen molar-refractivity contribution in [2.24, 2.45) is 10.9 Å². The van der Waals surface area contributed by atoms with Gasteiger partial charge in [-0.05, 0) is 63.5 Å². The third kappa shape index (κ3) is 6.72. The number of amidine groups is 1. The third-order valence-corrected chi connectivity index (χ3v) is 5.20. The fourth-order valence-electron chi connectivity index (χ4n) is 3.53. The van der Waals surface area contributed by atoms with E-state index in [1.54, 1.807) is 19.1 Å². The van der Waals surface area contributed by atoms with Crippen LogP contribution in [-0.2, 0) is 16.2 Å². The summed E-state index contributed by atoms with van der Waals surface area (Å²) >= 11 is 0. The number of ether oxygens (including phenoxy) is 1. The Labute approximate surface area is 184 Å². The monoisotopic (exact) mass is 424 g/mol. The van der Waals surface area contributed by atoms with Gasteiger partial charge in [-0.25, -0.2) is 0 Å². The second kappa shape index (κ2) is 11.4. The van der Waals surface area contributed by atoms with Gasteiger partial charge < -0.3 is 20.6 Å². The first-order chi connectivity index (χ1) is 15.1. The molecule has 0 saturated carbocycles. The Morgan fingerprint density at radius 3 is 2.71 bits per heavy atom. The van der Waals surface area contributed by atoms with Crippen molar-refractivity contribution >= 4 is 17.4 Å². The molecule has 7 nitrogen and oxygen atoms in total. The highest BCUT2D eigenvalue weighted by Gasteiger charge is 2.17. The van der Waals surface area contributed by atoms with Crippen LogP contribution in [-0.4, -0.2) is 42.4 Å². The Bertz CT molecular complexity index is 894. The van der Waals surface area contributed by atoms with Crippen LogP contribution in [0.4, 0.5) is 5.69 Å². The summed E-state index contributed by atoms with van der Waals surface area (Å²) in [4.78, 5) is 20.3. The molecule has 1 heterocycles. The maximum Gasteiger partial charge on any atom is 0.268 e. The number of rotatable bonds is 9. The van der Waals surface area contributed by atoms with Crippen molar-refractivity contribution in [2.45, 2.75) is 45.8 Å². The van der Waals surface area contributed by atoms with E-state index >= 15 is 0 Å². The van der Waals surface area contributed by atoms with Crippen molar-refractivity contribution < 1.29 is 14.4 Å². The fourth-order valence-corrected chi connectivity index (χ4v) is 3.53. The number of amides is 1. The summed E-state index contributed by atoms with van der Waals surface area (Å²) in [6.45, 7) is 7.20. The summed E-state index contributed by atoms with van der Waals surface area (Å²) in [5, 5.41) is 6.80. The number of likely N-dealkylation sites (tertiary alicyclic amines) is 1. The number of oxime groups is 1. The molecular weight excluding hydrogens is 392 g/mol. The molecular formula is C24H32N4O3. The van der Waals surface area contributed by atoms with Crippen LogP contribution in [0, 0.1) is 0 Å². The number of nitrogens with two attached hydrogens (primary N) is 1. The van der Waals surface area contributed by atoms with Crippen molar-refractivity contribution in [1.82, 2.24) is 4.90 Å². The number of nitrogens with one attached hydrogen (secondary N) is 1. The Morgan fingerprint density at radius 2 is 1.94 bits per heavy atom. The summed E-state index contributed by atoms with van der Waals surface area (Å²) < 4.78 is 5.53. The highest BCUT2D eigenvalue weighted by Crippen LogP contribution is 2.24. The van der Waals surface area contributed by atoms with Gasteiger partial charge in [0, 0.05) is 12.1 Å². The van der Waals surface area contributed by atoms with Crippen LogP contribution in [0.5, 0.6) is 5.75 Å². The van der Waals surface area contributed by atoms with Gasteiger partial charge in [-0.2, -0.15) is 0 Å². The van der Waals surface area contributed by atoms with Gasteiger partial charge in [-0.15, -0.1) is 0 Å². The lowest BCUT2D eigenvalue weighted by molar-refractivity contribution is -0.126. The van der Waals surface area contributed by atoms with Crippen molar-refractivity contribution in [3.8, 4) is 5.75 Å². The first kappa shape index (κ1) is 22.6. The lowest BCUT2D eigenvalue weighted by Crippen LogP contribution is -2.29. The molecule has 1 saturated heterocycles. The fraction of sp³-hybridized carbons (Fsp3) is 0.417. The van der Waals surface area contributed by atoms with E-state index in [2.05, 4.69) is 21.4 Å². The molecule has 1 fully saturated rings. The summed E-state index contributed by atoms with van der Waals surface area (Å²) in [7, 11) is 0. The molecule has 1 aliphatic heterocycles. The number of anilines is 1. The number of carbonyl (C=O) groups excluding carboxylic acids is 1. The maximum atomic E-state index is 12.5. The van der Waals surface area contributed by atoms with Crippen LogP contribution in [0.25, 0.3) is 0 Å². The van der Waals surface area contributed by atoms with E-state index in [0.717, 1.165) is 25.2 Å². The molecule has 2 aromatic carbocycles. The molecule has 0 aliphatic carbocycles. The molecule has 3 rings (SSSR count). The number of hydrogen-bond donors (Lipinski definition) is 2. The second-order valence-electron chi connectivity index (χ2n) is 7.68. The number of piperidine rings is 1. The van der Waals surface area contributed by atoms with Crippen molar-refractivity contribution in [1.29, 1.82) is 0 Å². The molecule has 1 aliphatic rings. The van der Waals surface area contributed by atoms with E-state index in [0.29, 0.717) is 18.0 Å². The van der Waals surface area contributed by atoms with Crippen LogP contribution in [0.1, 0.15) is 44.2 Å². The molecule has 1 atom stereocenters. The Kier molecular flexibility index (Phi) is 8.29. The first-order valence-electron chi connectivity index (χ1n) is 10.9. The number of carbonyl (C=O) groups is 1. The summed E-state index contributed by atoms with van der Waals surface area (Å²) in [6.07, 6.45) is 3.01. The highest BCUT2D eigenvalue weighted by atomic mass is 16.6. The van der Waals surface area contributed by atoms with Crippen LogP contribution >= 0.6 is 0 Å². The smallest absolute Gasteiger partial charge is 0.268 e. The lowest BCUT2D eigenvalue weighted by atomic mass is 10.1. The molecule has 7 heteroatoms.